The Morgan fingerprint density at radius 1 is 1.16 bits per heavy atom. The van der Waals surface area contributed by atoms with Crippen molar-refractivity contribution in [1.82, 2.24) is 9.97 Å². The third kappa shape index (κ3) is 4.09. The van der Waals surface area contributed by atoms with Gasteiger partial charge in [-0.15, -0.1) is 0 Å². The van der Waals surface area contributed by atoms with Gasteiger partial charge in [0.1, 0.15) is 22.5 Å². The van der Waals surface area contributed by atoms with Gasteiger partial charge >= 0.3 is 0 Å². The van der Waals surface area contributed by atoms with Crippen molar-refractivity contribution in [2.75, 3.05) is 14.2 Å². The standard InChI is InChI=1S/C13H13ClN2O2S/c1-17-8-12-15-11(14)7-13(16-12)19-10-5-3-9(18-2)4-6-10/h3-7H,8H2,1-2H3. The second kappa shape index (κ2) is 6.75. The molecule has 4 nitrogen and oxygen atoms in total. The van der Waals surface area contributed by atoms with Crippen molar-refractivity contribution in [2.24, 2.45) is 0 Å². The molecular formula is C13H13ClN2O2S. The van der Waals surface area contributed by atoms with Crippen LogP contribution in [0.4, 0.5) is 0 Å². The lowest BCUT2D eigenvalue weighted by Crippen LogP contribution is -1.98. The van der Waals surface area contributed by atoms with Crippen molar-refractivity contribution in [3.63, 3.8) is 0 Å². The molecule has 1 heterocycles. The average molecular weight is 297 g/mol. The molecule has 0 aliphatic rings. The normalized spacial score (nSPS) is 10.5. The molecule has 0 aliphatic carbocycles. The highest BCUT2D eigenvalue weighted by Gasteiger charge is 2.05. The van der Waals surface area contributed by atoms with Crippen LogP contribution < -0.4 is 4.74 Å². The molecule has 1 aromatic carbocycles. The zero-order valence-electron chi connectivity index (χ0n) is 10.6. The first-order chi connectivity index (χ1) is 9.21. The zero-order valence-corrected chi connectivity index (χ0v) is 12.2. The fraction of sp³-hybridized carbons (Fsp3) is 0.231. The number of nitrogens with zero attached hydrogens (tertiary/aromatic N) is 2. The van der Waals surface area contributed by atoms with E-state index in [-0.39, 0.29) is 0 Å². The van der Waals surface area contributed by atoms with Crippen LogP contribution in [0.2, 0.25) is 5.15 Å². The number of methoxy groups -OCH3 is 2. The summed E-state index contributed by atoms with van der Waals surface area (Å²) in [4.78, 5) is 9.52. The molecule has 1 aromatic heterocycles. The highest BCUT2D eigenvalue weighted by Crippen LogP contribution is 2.28. The van der Waals surface area contributed by atoms with Crippen LogP contribution in [0.5, 0.6) is 5.75 Å². The molecule has 19 heavy (non-hydrogen) atoms. The Morgan fingerprint density at radius 2 is 1.89 bits per heavy atom. The smallest absolute Gasteiger partial charge is 0.156 e. The number of halogens is 1. The summed E-state index contributed by atoms with van der Waals surface area (Å²) < 4.78 is 10.1. The second-order valence-corrected chi connectivity index (χ2v) is 5.14. The van der Waals surface area contributed by atoms with Crippen molar-refractivity contribution in [3.8, 4) is 5.75 Å². The molecule has 0 spiro atoms. The van der Waals surface area contributed by atoms with Crippen molar-refractivity contribution in [1.29, 1.82) is 0 Å². The van der Waals surface area contributed by atoms with Gasteiger partial charge in [-0.25, -0.2) is 9.97 Å². The molecule has 0 atom stereocenters. The Morgan fingerprint density at radius 3 is 2.53 bits per heavy atom. The van der Waals surface area contributed by atoms with E-state index >= 15 is 0 Å². The Balaban J connectivity index is 2.17. The molecule has 0 amide bonds. The van der Waals surface area contributed by atoms with Crippen LogP contribution in [-0.4, -0.2) is 24.2 Å². The minimum absolute atomic E-state index is 0.344. The second-order valence-electron chi connectivity index (χ2n) is 3.66. The maximum atomic E-state index is 5.96. The van der Waals surface area contributed by atoms with E-state index in [0.717, 1.165) is 15.7 Å². The SMILES string of the molecule is COCc1nc(Cl)cc(Sc2ccc(OC)cc2)n1. The van der Waals surface area contributed by atoms with Gasteiger partial charge < -0.3 is 9.47 Å². The quantitative estimate of drug-likeness (QED) is 0.791. The Hall–Kier alpha value is -1.30. The number of hydrogen-bond acceptors (Lipinski definition) is 5. The molecule has 2 rings (SSSR count). The lowest BCUT2D eigenvalue weighted by Gasteiger charge is -2.05. The van der Waals surface area contributed by atoms with Crippen LogP contribution in [0.3, 0.4) is 0 Å². The van der Waals surface area contributed by atoms with E-state index in [2.05, 4.69) is 9.97 Å². The van der Waals surface area contributed by atoms with Gasteiger partial charge in [0.15, 0.2) is 5.82 Å². The van der Waals surface area contributed by atoms with E-state index in [9.17, 15) is 0 Å². The third-order valence-corrected chi connectivity index (χ3v) is 3.39. The van der Waals surface area contributed by atoms with Gasteiger partial charge in [-0.05, 0) is 24.3 Å². The summed E-state index contributed by atoms with van der Waals surface area (Å²) in [5.41, 5.74) is 0. The molecule has 0 fully saturated rings. The van der Waals surface area contributed by atoms with Gasteiger partial charge in [0.25, 0.3) is 0 Å². The Labute approximate surface area is 121 Å². The van der Waals surface area contributed by atoms with Crippen LogP contribution in [-0.2, 0) is 11.3 Å². The summed E-state index contributed by atoms with van der Waals surface area (Å²) in [6.45, 7) is 0.344. The summed E-state index contributed by atoms with van der Waals surface area (Å²) in [6, 6.07) is 9.48. The molecular weight excluding hydrogens is 284 g/mol. The monoisotopic (exact) mass is 296 g/mol. The van der Waals surface area contributed by atoms with Gasteiger partial charge in [0, 0.05) is 18.1 Å². The molecule has 100 valence electrons. The van der Waals surface area contributed by atoms with E-state index in [1.165, 1.54) is 11.8 Å². The summed E-state index contributed by atoms with van der Waals surface area (Å²) >= 11 is 7.47. The van der Waals surface area contributed by atoms with Crippen molar-refractivity contribution in [3.05, 3.63) is 41.3 Å². The van der Waals surface area contributed by atoms with E-state index in [1.54, 1.807) is 20.3 Å². The van der Waals surface area contributed by atoms with Crippen molar-refractivity contribution < 1.29 is 9.47 Å². The van der Waals surface area contributed by atoms with Gasteiger partial charge in [-0.1, -0.05) is 23.4 Å². The maximum Gasteiger partial charge on any atom is 0.156 e. The van der Waals surface area contributed by atoms with E-state index in [4.69, 9.17) is 21.1 Å². The molecule has 0 bridgehead atoms. The molecule has 0 unspecified atom stereocenters. The van der Waals surface area contributed by atoms with Gasteiger partial charge in [0.2, 0.25) is 0 Å². The first-order valence-corrected chi connectivity index (χ1v) is 6.75. The summed E-state index contributed by atoms with van der Waals surface area (Å²) in [5.74, 6) is 1.40. The summed E-state index contributed by atoms with van der Waals surface area (Å²) in [7, 11) is 3.24. The van der Waals surface area contributed by atoms with Crippen LogP contribution in [0.15, 0.2) is 40.3 Å². The van der Waals surface area contributed by atoms with Gasteiger partial charge in [-0.3, -0.25) is 0 Å². The number of benzene rings is 1. The highest BCUT2D eigenvalue weighted by molar-refractivity contribution is 7.99. The van der Waals surface area contributed by atoms with E-state index < -0.39 is 0 Å². The molecule has 0 saturated carbocycles. The van der Waals surface area contributed by atoms with Crippen LogP contribution in [0.25, 0.3) is 0 Å². The van der Waals surface area contributed by atoms with Gasteiger partial charge in [-0.2, -0.15) is 0 Å². The fourth-order valence-electron chi connectivity index (χ4n) is 1.45. The molecule has 0 saturated heterocycles. The molecule has 0 aliphatic heterocycles. The van der Waals surface area contributed by atoms with E-state index in [0.29, 0.717) is 17.6 Å². The van der Waals surface area contributed by atoms with Crippen LogP contribution in [0.1, 0.15) is 5.82 Å². The summed E-state index contributed by atoms with van der Waals surface area (Å²) in [6.07, 6.45) is 0. The molecule has 6 heteroatoms. The van der Waals surface area contributed by atoms with Crippen molar-refractivity contribution in [2.45, 2.75) is 16.5 Å². The number of aromatic nitrogens is 2. The minimum Gasteiger partial charge on any atom is -0.497 e. The van der Waals surface area contributed by atoms with Crippen LogP contribution >= 0.6 is 23.4 Å². The maximum absolute atomic E-state index is 5.96. The third-order valence-electron chi connectivity index (χ3n) is 2.27. The molecule has 2 aromatic rings. The lowest BCUT2D eigenvalue weighted by atomic mass is 10.3. The topological polar surface area (TPSA) is 44.2 Å². The number of hydrogen-bond donors (Lipinski definition) is 0. The lowest BCUT2D eigenvalue weighted by molar-refractivity contribution is 0.177. The number of rotatable bonds is 5. The Kier molecular flexibility index (Phi) is 5.01. The zero-order chi connectivity index (χ0) is 13.7. The first kappa shape index (κ1) is 14.1. The predicted octanol–water partition coefficient (Wildman–Crippen LogP) is 3.44. The molecule has 0 N–H and O–H groups in total. The van der Waals surface area contributed by atoms with Crippen molar-refractivity contribution >= 4 is 23.4 Å². The fourth-order valence-corrected chi connectivity index (χ4v) is 2.55. The van der Waals surface area contributed by atoms with Gasteiger partial charge in [0.05, 0.1) is 7.11 Å². The largest absolute Gasteiger partial charge is 0.497 e. The summed E-state index contributed by atoms with van der Waals surface area (Å²) in [5, 5.41) is 1.20. The predicted molar refractivity (Wildman–Crippen MR) is 74.9 cm³/mol. The number of ether oxygens (including phenoxy) is 2. The molecule has 0 radical (unpaired) electrons. The van der Waals surface area contributed by atoms with Crippen LogP contribution in [0, 0.1) is 0 Å². The Bertz CT molecular complexity index is 549. The first-order valence-electron chi connectivity index (χ1n) is 5.55. The van der Waals surface area contributed by atoms with E-state index in [1.807, 2.05) is 24.3 Å². The highest BCUT2D eigenvalue weighted by atomic mass is 35.5. The average Bonchev–Trinajstić information content (AvgIpc) is 2.39. The minimum atomic E-state index is 0.344.